The zero-order valence-electron chi connectivity index (χ0n) is 11.2. The molecule has 0 saturated heterocycles. The molecule has 2 rings (SSSR count). The van der Waals surface area contributed by atoms with Crippen LogP contribution in [0.25, 0.3) is 21.8 Å². The highest BCUT2D eigenvalue weighted by atomic mass is 14.9. The van der Waals surface area contributed by atoms with Gasteiger partial charge < -0.3 is 4.57 Å². The third-order valence-corrected chi connectivity index (χ3v) is 2.90. The Bertz CT molecular complexity index is 721. The number of nitrogens with zero attached hydrogens (tertiary/aromatic N) is 2. The number of aromatic nitrogens is 1. The van der Waals surface area contributed by atoms with Crippen LogP contribution in [-0.2, 0) is 7.05 Å². The minimum atomic E-state index is 0.611. The summed E-state index contributed by atoms with van der Waals surface area (Å²) in [6, 6.07) is 8.19. The van der Waals surface area contributed by atoms with Crippen molar-refractivity contribution in [3.05, 3.63) is 77.4 Å². The van der Waals surface area contributed by atoms with Gasteiger partial charge in [0.2, 0.25) is 0 Å². The van der Waals surface area contributed by atoms with Crippen LogP contribution in [0.5, 0.6) is 0 Å². The number of benzene rings is 1. The minimum absolute atomic E-state index is 0.611. The van der Waals surface area contributed by atoms with Crippen molar-refractivity contribution >= 4 is 17.0 Å². The molecule has 1 heterocycles. The Morgan fingerprint density at radius 1 is 1.32 bits per heavy atom. The maximum atomic E-state index is 7.24. The molecule has 0 saturated carbocycles. The topological polar surface area (TPSA) is 9.29 Å². The fourth-order valence-corrected chi connectivity index (χ4v) is 1.99. The Kier molecular flexibility index (Phi) is 3.68. The molecule has 0 bridgehead atoms. The summed E-state index contributed by atoms with van der Waals surface area (Å²) < 4.78 is 2.07. The van der Waals surface area contributed by atoms with E-state index in [1.165, 1.54) is 5.52 Å². The molecule has 0 atom stereocenters. The summed E-state index contributed by atoms with van der Waals surface area (Å²) in [5, 5.41) is 1.16. The first-order valence-electron chi connectivity index (χ1n) is 6.08. The molecule has 0 aliphatic carbocycles. The molecule has 1 aromatic carbocycles. The molecule has 2 aromatic rings. The van der Waals surface area contributed by atoms with Crippen molar-refractivity contribution in [3.63, 3.8) is 0 Å². The van der Waals surface area contributed by atoms with E-state index in [9.17, 15) is 0 Å². The van der Waals surface area contributed by atoms with Crippen LogP contribution in [0.2, 0.25) is 0 Å². The van der Waals surface area contributed by atoms with Crippen LogP contribution < -0.4 is 0 Å². The fraction of sp³-hybridized carbons (Fsp3) is 0.118. The molecular formula is C17H16N2. The van der Waals surface area contributed by atoms with Crippen LogP contribution in [-0.4, -0.2) is 4.57 Å². The Labute approximate surface area is 113 Å². The predicted octanol–water partition coefficient (Wildman–Crippen LogP) is 4.57. The van der Waals surface area contributed by atoms with Crippen molar-refractivity contribution in [1.82, 2.24) is 4.57 Å². The van der Waals surface area contributed by atoms with Crippen molar-refractivity contribution in [2.45, 2.75) is 6.92 Å². The lowest BCUT2D eigenvalue weighted by molar-refractivity contribution is 0.968. The smallest absolute Gasteiger partial charge is 0.187 e. The van der Waals surface area contributed by atoms with Crippen molar-refractivity contribution in [2.24, 2.45) is 7.05 Å². The molecule has 2 nitrogen and oxygen atoms in total. The lowest BCUT2D eigenvalue weighted by atomic mass is 10.1. The van der Waals surface area contributed by atoms with Crippen LogP contribution >= 0.6 is 0 Å². The van der Waals surface area contributed by atoms with E-state index in [-0.39, 0.29) is 0 Å². The molecule has 0 N–H and O–H groups in total. The lowest BCUT2D eigenvalue weighted by Gasteiger charge is -1.93. The first kappa shape index (κ1) is 12.9. The molecule has 19 heavy (non-hydrogen) atoms. The molecule has 0 unspecified atom stereocenters. The maximum absolute atomic E-state index is 7.24. The Morgan fingerprint density at radius 2 is 2.05 bits per heavy atom. The van der Waals surface area contributed by atoms with Crippen molar-refractivity contribution in [2.75, 3.05) is 0 Å². The standard InChI is InChI=1S/C17H16N2/c1-13(2)9-10-15(18-3)11-14-12-19(4)17-8-6-5-7-16(14)17/h5-12H,1H2,2,4H3. The van der Waals surface area contributed by atoms with E-state index in [0.717, 1.165) is 16.5 Å². The number of aryl methyl sites for hydroxylation is 1. The molecule has 0 radical (unpaired) electrons. The zero-order valence-corrected chi connectivity index (χ0v) is 11.2. The molecule has 2 heteroatoms. The van der Waals surface area contributed by atoms with E-state index in [1.807, 2.05) is 44.5 Å². The van der Waals surface area contributed by atoms with Crippen molar-refractivity contribution in [3.8, 4) is 0 Å². The Balaban J connectivity index is 2.50. The van der Waals surface area contributed by atoms with Crippen LogP contribution in [0.4, 0.5) is 0 Å². The summed E-state index contributed by atoms with van der Waals surface area (Å²) in [7, 11) is 2.01. The summed E-state index contributed by atoms with van der Waals surface area (Å²) >= 11 is 0. The highest BCUT2D eigenvalue weighted by Crippen LogP contribution is 2.23. The number of hydrogen-bond donors (Lipinski definition) is 0. The monoisotopic (exact) mass is 248 g/mol. The number of para-hydroxylation sites is 1. The highest BCUT2D eigenvalue weighted by molar-refractivity contribution is 5.90. The van der Waals surface area contributed by atoms with Crippen LogP contribution in [0.1, 0.15) is 12.5 Å². The van der Waals surface area contributed by atoms with Gasteiger partial charge in [0.25, 0.3) is 0 Å². The molecule has 0 spiro atoms. The molecule has 0 aliphatic heterocycles. The van der Waals surface area contributed by atoms with Gasteiger partial charge in [-0.3, -0.25) is 0 Å². The van der Waals surface area contributed by atoms with Gasteiger partial charge in [-0.05, 0) is 24.6 Å². The van der Waals surface area contributed by atoms with Gasteiger partial charge in [0.15, 0.2) is 5.70 Å². The lowest BCUT2D eigenvalue weighted by Crippen LogP contribution is -1.81. The first-order chi connectivity index (χ1) is 9.11. The van der Waals surface area contributed by atoms with Gasteiger partial charge in [0.1, 0.15) is 0 Å². The largest absolute Gasteiger partial charge is 0.350 e. The average molecular weight is 248 g/mol. The van der Waals surface area contributed by atoms with Crippen LogP contribution in [0.15, 0.2) is 60.5 Å². The zero-order chi connectivity index (χ0) is 13.8. The molecule has 0 fully saturated rings. The van der Waals surface area contributed by atoms with E-state index in [2.05, 4.69) is 28.1 Å². The molecule has 1 aromatic heterocycles. The quantitative estimate of drug-likeness (QED) is 0.556. The molecule has 0 amide bonds. The van der Waals surface area contributed by atoms with Crippen molar-refractivity contribution < 1.29 is 0 Å². The van der Waals surface area contributed by atoms with E-state index < -0.39 is 0 Å². The summed E-state index contributed by atoms with van der Waals surface area (Å²) in [4.78, 5) is 3.55. The van der Waals surface area contributed by atoms with Gasteiger partial charge in [0.05, 0.1) is 6.57 Å². The van der Waals surface area contributed by atoms with E-state index >= 15 is 0 Å². The highest BCUT2D eigenvalue weighted by Gasteiger charge is 2.03. The van der Waals surface area contributed by atoms with E-state index in [1.54, 1.807) is 6.08 Å². The summed E-state index contributed by atoms with van der Waals surface area (Å²) in [5.41, 5.74) is 3.78. The van der Waals surface area contributed by atoms with Gasteiger partial charge in [-0.25, -0.2) is 4.85 Å². The van der Waals surface area contributed by atoms with Gasteiger partial charge in [-0.2, -0.15) is 0 Å². The Hall–Kier alpha value is -2.53. The maximum Gasteiger partial charge on any atom is 0.187 e. The van der Waals surface area contributed by atoms with E-state index in [0.29, 0.717) is 5.70 Å². The van der Waals surface area contributed by atoms with Gasteiger partial charge >= 0.3 is 0 Å². The van der Waals surface area contributed by atoms with Gasteiger partial charge in [0, 0.05) is 24.1 Å². The van der Waals surface area contributed by atoms with Crippen LogP contribution in [0, 0.1) is 6.57 Å². The Morgan fingerprint density at radius 3 is 2.74 bits per heavy atom. The molecule has 94 valence electrons. The summed E-state index contributed by atoms with van der Waals surface area (Å²) in [6.07, 6.45) is 7.62. The second kappa shape index (κ2) is 5.41. The predicted molar refractivity (Wildman–Crippen MR) is 81.5 cm³/mol. The molecular weight excluding hydrogens is 232 g/mol. The molecule has 0 aliphatic rings. The summed E-state index contributed by atoms with van der Waals surface area (Å²) in [5.74, 6) is 0. The first-order valence-corrected chi connectivity index (χ1v) is 6.08. The number of rotatable bonds is 3. The number of hydrogen-bond acceptors (Lipinski definition) is 0. The second-order valence-electron chi connectivity index (χ2n) is 4.57. The van der Waals surface area contributed by atoms with E-state index in [4.69, 9.17) is 6.57 Å². The van der Waals surface area contributed by atoms with Crippen LogP contribution in [0.3, 0.4) is 0 Å². The normalized spacial score (nSPS) is 11.9. The van der Waals surface area contributed by atoms with Gasteiger partial charge in [-0.15, -0.1) is 0 Å². The minimum Gasteiger partial charge on any atom is -0.350 e. The second-order valence-corrected chi connectivity index (χ2v) is 4.57. The number of allylic oxidation sites excluding steroid dienone is 3. The third kappa shape index (κ3) is 2.83. The SMILES string of the molecule is [C-]#[N+]C(C=CC(=C)C)=Cc1cn(C)c2ccccc12. The third-order valence-electron chi connectivity index (χ3n) is 2.90. The van der Waals surface area contributed by atoms with Gasteiger partial charge in [-0.1, -0.05) is 42.5 Å². The fourth-order valence-electron chi connectivity index (χ4n) is 1.99. The van der Waals surface area contributed by atoms with Crippen molar-refractivity contribution in [1.29, 1.82) is 0 Å². The number of fused-ring (bicyclic) bond motifs is 1. The average Bonchev–Trinajstić information content (AvgIpc) is 2.72. The summed E-state index contributed by atoms with van der Waals surface area (Å²) in [6.45, 7) is 13.0.